The number of aromatic nitrogens is 1. The van der Waals surface area contributed by atoms with Gasteiger partial charge in [0, 0.05) is 17.7 Å². The molecule has 0 N–H and O–H groups in total. The van der Waals surface area contributed by atoms with Crippen LogP contribution in [0.5, 0.6) is 0 Å². The van der Waals surface area contributed by atoms with Gasteiger partial charge in [-0.05, 0) is 65.3 Å². The van der Waals surface area contributed by atoms with Gasteiger partial charge in [0.25, 0.3) is 0 Å². The van der Waals surface area contributed by atoms with Crippen molar-refractivity contribution >= 4 is 29.4 Å². The van der Waals surface area contributed by atoms with Crippen LogP contribution in [-0.4, -0.2) is 41.6 Å². The highest BCUT2D eigenvalue weighted by atomic mass is 16.6. The number of benzene rings is 1. The molecule has 3 heterocycles. The smallest absolute Gasteiger partial charge is 0.420 e. The first-order chi connectivity index (χ1) is 15.4. The minimum atomic E-state index is -0.702. The minimum absolute atomic E-state index is 0.203. The Kier molecular flexibility index (Phi) is 5.82. The Bertz CT molecular complexity index is 1070. The largest absolute Gasteiger partial charge is 0.443 e. The number of anilines is 3. The van der Waals surface area contributed by atoms with Crippen molar-refractivity contribution in [1.82, 2.24) is 4.98 Å². The number of pyridine rings is 1. The molecule has 1 aromatic carbocycles. The van der Waals surface area contributed by atoms with Crippen LogP contribution >= 0.6 is 0 Å². The van der Waals surface area contributed by atoms with Gasteiger partial charge in [-0.15, -0.1) is 0 Å². The second-order valence-electron chi connectivity index (χ2n) is 10.4. The van der Waals surface area contributed by atoms with Gasteiger partial charge >= 0.3 is 12.2 Å². The number of rotatable bonds is 1. The normalized spacial score (nSPS) is 16.3. The molecule has 2 aromatic rings. The summed E-state index contributed by atoms with van der Waals surface area (Å²) in [5.74, 6) is 0.674. The maximum Gasteiger partial charge on any atom is 0.420 e. The maximum atomic E-state index is 13.4. The lowest BCUT2D eigenvalue weighted by Gasteiger charge is -2.31. The molecule has 4 rings (SSSR count). The fourth-order valence-electron chi connectivity index (χ4n) is 3.72. The van der Waals surface area contributed by atoms with Crippen LogP contribution in [0.4, 0.5) is 26.8 Å². The molecule has 33 heavy (non-hydrogen) atoms. The molecule has 0 atom stereocenters. The van der Waals surface area contributed by atoms with Crippen molar-refractivity contribution in [1.29, 1.82) is 0 Å². The van der Waals surface area contributed by atoms with Crippen molar-refractivity contribution in [2.24, 2.45) is 0 Å². The highest BCUT2D eigenvalue weighted by molar-refractivity contribution is 6.04. The molecule has 176 valence electrons. The van der Waals surface area contributed by atoms with E-state index in [0.29, 0.717) is 36.0 Å². The van der Waals surface area contributed by atoms with Crippen LogP contribution in [0.1, 0.15) is 58.6 Å². The number of hydrogen-bond acceptors (Lipinski definition) is 6. The molecule has 8 heteroatoms. The molecule has 2 amide bonds. The standard InChI is InChI=1S/C25H31N3O5/c1-24(2,3)32-22(29)27-13-17-8-7-11-26-21(17)28(23(30)33-25(4,5)6)19-10-9-16(12-20(19)27)18-14-31-15-18/h7-12,18H,13-15H2,1-6H3. The zero-order valence-corrected chi connectivity index (χ0v) is 20.0. The highest BCUT2D eigenvalue weighted by Crippen LogP contribution is 2.43. The highest BCUT2D eigenvalue weighted by Gasteiger charge is 2.37. The Morgan fingerprint density at radius 1 is 0.970 bits per heavy atom. The molecule has 2 aliphatic rings. The molecule has 0 radical (unpaired) electrons. The predicted molar refractivity (Wildman–Crippen MR) is 125 cm³/mol. The first-order valence-corrected chi connectivity index (χ1v) is 11.1. The second kappa shape index (κ2) is 8.33. The maximum absolute atomic E-state index is 13.4. The Morgan fingerprint density at radius 2 is 1.64 bits per heavy atom. The predicted octanol–water partition coefficient (Wildman–Crippen LogP) is 5.52. The van der Waals surface area contributed by atoms with Crippen molar-refractivity contribution in [3.05, 3.63) is 47.7 Å². The number of nitrogens with zero attached hydrogens (tertiary/aromatic N) is 3. The molecular weight excluding hydrogens is 422 g/mol. The molecule has 0 aliphatic carbocycles. The van der Waals surface area contributed by atoms with E-state index < -0.39 is 23.4 Å². The van der Waals surface area contributed by atoms with Gasteiger partial charge in [-0.25, -0.2) is 19.5 Å². The third kappa shape index (κ3) is 4.95. The molecule has 0 unspecified atom stereocenters. The summed E-state index contributed by atoms with van der Waals surface area (Å²) >= 11 is 0. The molecule has 2 aliphatic heterocycles. The third-order valence-electron chi connectivity index (χ3n) is 5.24. The summed E-state index contributed by atoms with van der Waals surface area (Å²) in [6, 6.07) is 9.38. The topological polar surface area (TPSA) is 81.2 Å². The fourth-order valence-corrected chi connectivity index (χ4v) is 3.72. The summed E-state index contributed by atoms with van der Waals surface area (Å²) in [5, 5.41) is 0. The first kappa shape index (κ1) is 23.0. The SMILES string of the molecule is CC(C)(C)OC(=O)N1Cc2cccnc2N(C(=O)OC(C)(C)C)c2ccc(C3COC3)cc21. The van der Waals surface area contributed by atoms with Gasteiger partial charge < -0.3 is 14.2 Å². The van der Waals surface area contributed by atoms with Crippen LogP contribution in [0.3, 0.4) is 0 Å². The second-order valence-corrected chi connectivity index (χ2v) is 10.4. The van der Waals surface area contributed by atoms with Crippen molar-refractivity contribution in [3.8, 4) is 0 Å². The van der Waals surface area contributed by atoms with Crippen LogP contribution in [0, 0.1) is 0 Å². The number of fused-ring (bicyclic) bond motifs is 2. The summed E-state index contributed by atoms with van der Waals surface area (Å²) in [6.07, 6.45) is 0.570. The lowest BCUT2D eigenvalue weighted by atomic mass is 9.96. The fraction of sp³-hybridized carbons (Fsp3) is 0.480. The number of carbonyl (C=O) groups excluding carboxylic acids is 2. The summed E-state index contributed by atoms with van der Waals surface area (Å²) in [4.78, 5) is 34.2. The van der Waals surface area contributed by atoms with Crippen LogP contribution in [0.15, 0.2) is 36.5 Å². The van der Waals surface area contributed by atoms with E-state index in [9.17, 15) is 9.59 Å². The zero-order chi connectivity index (χ0) is 24.0. The molecule has 0 spiro atoms. The molecule has 1 fully saturated rings. The van der Waals surface area contributed by atoms with Crippen LogP contribution in [0.25, 0.3) is 0 Å². The molecule has 1 aromatic heterocycles. The monoisotopic (exact) mass is 453 g/mol. The minimum Gasteiger partial charge on any atom is -0.443 e. The van der Waals surface area contributed by atoms with Gasteiger partial charge in [0.2, 0.25) is 0 Å². The number of hydrogen-bond donors (Lipinski definition) is 0. The van der Waals surface area contributed by atoms with Gasteiger partial charge in [0.05, 0.1) is 31.1 Å². The van der Waals surface area contributed by atoms with E-state index in [1.54, 1.807) is 17.2 Å². The molecule has 1 saturated heterocycles. The van der Waals surface area contributed by atoms with Crippen LogP contribution in [-0.2, 0) is 20.8 Å². The summed E-state index contributed by atoms with van der Waals surface area (Å²) in [5.41, 5.74) is 1.45. The average molecular weight is 454 g/mol. The van der Waals surface area contributed by atoms with Crippen molar-refractivity contribution < 1.29 is 23.8 Å². The molecule has 0 saturated carbocycles. The van der Waals surface area contributed by atoms with E-state index >= 15 is 0 Å². The van der Waals surface area contributed by atoms with E-state index in [0.717, 1.165) is 5.56 Å². The number of ether oxygens (including phenoxy) is 3. The van der Waals surface area contributed by atoms with Gasteiger partial charge in [0.15, 0.2) is 0 Å². The van der Waals surface area contributed by atoms with Gasteiger partial charge in [-0.2, -0.15) is 0 Å². The van der Waals surface area contributed by atoms with E-state index in [1.807, 2.05) is 65.8 Å². The Balaban J connectivity index is 1.88. The van der Waals surface area contributed by atoms with E-state index in [-0.39, 0.29) is 12.5 Å². The van der Waals surface area contributed by atoms with Crippen molar-refractivity contribution in [2.75, 3.05) is 23.0 Å². The van der Waals surface area contributed by atoms with E-state index in [4.69, 9.17) is 14.2 Å². The number of amides is 2. The van der Waals surface area contributed by atoms with E-state index in [1.165, 1.54) is 4.90 Å². The van der Waals surface area contributed by atoms with Gasteiger partial charge in [0.1, 0.15) is 17.0 Å². The third-order valence-corrected chi connectivity index (χ3v) is 5.24. The summed E-state index contributed by atoms with van der Waals surface area (Å²) in [7, 11) is 0. The summed E-state index contributed by atoms with van der Waals surface area (Å²) in [6.45, 7) is 12.4. The Labute approximate surface area is 194 Å². The quantitative estimate of drug-likeness (QED) is 0.565. The van der Waals surface area contributed by atoms with Crippen LogP contribution in [0.2, 0.25) is 0 Å². The molecule has 0 bridgehead atoms. The number of carbonyl (C=O) groups is 2. The lowest BCUT2D eigenvalue weighted by molar-refractivity contribution is 0.00843. The zero-order valence-electron chi connectivity index (χ0n) is 20.0. The van der Waals surface area contributed by atoms with Gasteiger partial charge in [-0.3, -0.25) is 4.90 Å². The summed E-state index contributed by atoms with van der Waals surface area (Å²) < 4.78 is 16.8. The van der Waals surface area contributed by atoms with Crippen molar-refractivity contribution in [2.45, 2.75) is 65.2 Å². The van der Waals surface area contributed by atoms with Crippen LogP contribution < -0.4 is 9.80 Å². The van der Waals surface area contributed by atoms with Gasteiger partial charge in [-0.1, -0.05) is 12.1 Å². The molecule has 8 nitrogen and oxygen atoms in total. The Morgan fingerprint density at radius 3 is 2.24 bits per heavy atom. The first-order valence-electron chi connectivity index (χ1n) is 11.1. The lowest BCUT2D eigenvalue weighted by Crippen LogP contribution is -2.37. The van der Waals surface area contributed by atoms with E-state index in [2.05, 4.69) is 4.98 Å². The average Bonchev–Trinajstić information content (AvgIpc) is 2.78. The van der Waals surface area contributed by atoms with Crippen molar-refractivity contribution in [3.63, 3.8) is 0 Å². The molecular formula is C25H31N3O5. The Hall–Kier alpha value is -3.13.